The maximum atomic E-state index is 10.3. The van der Waals surface area contributed by atoms with E-state index in [1.165, 1.54) is 0 Å². The smallest absolute Gasteiger partial charge is 0.134 e. The first kappa shape index (κ1) is 12.6. The highest BCUT2D eigenvalue weighted by molar-refractivity contribution is 7.99. The minimum Gasteiger partial charge on any atom is -0.486 e. The number of hydrogen-bond acceptors (Lipinski definition) is 4. The SMILES string of the molecule is Cn1cc(CC(O)C2CSc3ccccc3O2)cn1. The van der Waals surface area contributed by atoms with Gasteiger partial charge >= 0.3 is 0 Å². The Balaban J connectivity index is 1.67. The van der Waals surface area contributed by atoms with Crippen molar-refractivity contribution in [2.75, 3.05) is 5.75 Å². The molecular weight excluding hydrogens is 260 g/mol. The zero-order chi connectivity index (χ0) is 13.2. The summed E-state index contributed by atoms with van der Waals surface area (Å²) < 4.78 is 7.62. The quantitative estimate of drug-likeness (QED) is 0.930. The monoisotopic (exact) mass is 276 g/mol. The Labute approximate surface area is 116 Å². The molecule has 1 aliphatic heterocycles. The first-order valence-corrected chi connectivity index (χ1v) is 7.25. The van der Waals surface area contributed by atoms with Gasteiger partial charge in [0.1, 0.15) is 11.9 Å². The number of fused-ring (bicyclic) bond motifs is 1. The first-order valence-electron chi connectivity index (χ1n) is 6.26. The van der Waals surface area contributed by atoms with E-state index in [0.29, 0.717) is 6.42 Å². The maximum Gasteiger partial charge on any atom is 0.134 e. The number of rotatable bonds is 3. The molecule has 1 N–H and O–H groups in total. The van der Waals surface area contributed by atoms with E-state index in [-0.39, 0.29) is 6.10 Å². The van der Waals surface area contributed by atoms with Gasteiger partial charge in [-0.15, -0.1) is 11.8 Å². The molecule has 0 spiro atoms. The van der Waals surface area contributed by atoms with Gasteiger partial charge in [0.25, 0.3) is 0 Å². The highest BCUT2D eigenvalue weighted by atomic mass is 32.2. The number of ether oxygens (including phenoxy) is 1. The van der Waals surface area contributed by atoms with Crippen LogP contribution in [0, 0.1) is 0 Å². The van der Waals surface area contributed by atoms with E-state index in [2.05, 4.69) is 5.10 Å². The number of aliphatic hydroxyl groups excluding tert-OH is 1. The number of benzene rings is 1. The summed E-state index contributed by atoms with van der Waals surface area (Å²) in [6, 6.07) is 7.95. The van der Waals surface area contributed by atoms with E-state index in [9.17, 15) is 5.11 Å². The van der Waals surface area contributed by atoms with Gasteiger partial charge in [-0.1, -0.05) is 12.1 Å². The third-order valence-corrected chi connectivity index (χ3v) is 4.31. The van der Waals surface area contributed by atoms with Crippen molar-refractivity contribution in [3.05, 3.63) is 42.2 Å². The maximum absolute atomic E-state index is 10.3. The molecule has 0 aliphatic carbocycles. The molecule has 0 amide bonds. The van der Waals surface area contributed by atoms with Crippen LogP contribution in [0.1, 0.15) is 5.56 Å². The Bertz CT molecular complexity index is 570. The lowest BCUT2D eigenvalue weighted by Gasteiger charge is -2.28. The molecule has 2 aromatic rings. The molecule has 0 bridgehead atoms. The van der Waals surface area contributed by atoms with E-state index in [1.54, 1.807) is 22.6 Å². The molecule has 1 aromatic carbocycles. The Kier molecular flexibility index (Phi) is 3.48. The van der Waals surface area contributed by atoms with Crippen molar-refractivity contribution < 1.29 is 9.84 Å². The van der Waals surface area contributed by atoms with Gasteiger partial charge in [-0.25, -0.2) is 0 Å². The second-order valence-corrected chi connectivity index (χ2v) is 5.77. The van der Waals surface area contributed by atoms with Crippen LogP contribution in [0.25, 0.3) is 0 Å². The molecule has 0 radical (unpaired) electrons. The molecule has 3 rings (SSSR count). The van der Waals surface area contributed by atoms with Crippen LogP contribution >= 0.6 is 11.8 Å². The van der Waals surface area contributed by atoms with Gasteiger partial charge in [-0.2, -0.15) is 5.10 Å². The second-order valence-electron chi connectivity index (χ2n) is 4.71. The standard InChI is InChI=1S/C14H16N2O2S/c1-16-8-10(7-15-16)6-11(17)13-9-19-14-5-3-2-4-12(14)18-13/h2-5,7-8,11,13,17H,6,9H2,1H3. The Hall–Kier alpha value is -1.46. The fourth-order valence-electron chi connectivity index (χ4n) is 2.18. The van der Waals surface area contributed by atoms with Gasteiger partial charge in [-0.05, 0) is 17.7 Å². The summed E-state index contributed by atoms with van der Waals surface area (Å²) in [4.78, 5) is 1.15. The Morgan fingerprint density at radius 3 is 3.16 bits per heavy atom. The topological polar surface area (TPSA) is 47.3 Å². The number of thioether (sulfide) groups is 1. The van der Waals surface area contributed by atoms with Crippen LogP contribution in [0.3, 0.4) is 0 Å². The number of aryl methyl sites for hydroxylation is 1. The summed E-state index contributed by atoms with van der Waals surface area (Å²) in [7, 11) is 1.87. The van der Waals surface area contributed by atoms with E-state index in [1.807, 2.05) is 37.5 Å². The largest absolute Gasteiger partial charge is 0.486 e. The number of para-hydroxylation sites is 1. The molecule has 0 saturated heterocycles. The van der Waals surface area contributed by atoms with Crippen LogP contribution < -0.4 is 4.74 Å². The summed E-state index contributed by atoms with van der Waals surface area (Å²) in [5, 5.41) is 14.4. The summed E-state index contributed by atoms with van der Waals surface area (Å²) in [5.74, 6) is 1.65. The normalized spacial score (nSPS) is 19.6. The number of aromatic nitrogens is 2. The summed E-state index contributed by atoms with van der Waals surface area (Å²) in [5.41, 5.74) is 1.03. The highest BCUT2D eigenvalue weighted by Gasteiger charge is 2.27. The van der Waals surface area contributed by atoms with Gasteiger partial charge < -0.3 is 9.84 Å². The van der Waals surface area contributed by atoms with Crippen LogP contribution in [0.4, 0.5) is 0 Å². The van der Waals surface area contributed by atoms with E-state index in [0.717, 1.165) is 22.0 Å². The summed E-state index contributed by atoms with van der Waals surface area (Å²) in [6.07, 6.45) is 3.60. The van der Waals surface area contributed by atoms with Crippen molar-refractivity contribution in [1.82, 2.24) is 9.78 Å². The molecule has 5 heteroatoms. The number of nitrogens with zero attached hydrogens (tertiary/aromatic N) is 2. The zero-order valence-electron chi connectivity index (χ0n) is 10.7. The van der Waals surface area contributed by atoms with Crippen LogP contribution in [-0.2, 0) is 13.5 Å². The number of aliphatic hydroxyl groups is 1. The lowest BCUT2D eigenvalue weighted by molar-refractivity contribution is 0.0468. The van der Waals surface area contributed by atoms with Gasteiger partial charge in [0.15, 0.2) is 0 Å². The van der Waals surface area contributed by atoms with Gasteiger partial charge in [0.05, 0.1) is 12.3 Å². The van der Waals surface area contributed by atoms with Crippen LogP contribution in [-0.4, -0.2) is 32.8 Å². The number of hydrogen-bond donors (Lipinski definition) is 1. The fourth-order valence-corrected chi connectivity index (χ4v) is 3.24. The van der Waals surface area contributed by atoms with Crippen molar-refractivity contribution in [2.45, 2.75) is 23.5 Å². The van der Waals surface area contributed by atoms with Gasteiger partial charge in [0.2, 0.25) is 0 Å². The molecular formula is C14H16N2O2S. The highest BCUT2D eigenvalue weighted by Crippen LogP contribution is 2.35. The average molecular weight is 276 g/mol. The fraction of sp³-hybridized carbons (Fsp3) is 0.357. The minimum absolute atomic E-state index is 0.167. The lowest BCUT2D eigenvalue weighted by Crippen LogP contribution is -2.37. The van der Waals surface area contributed by atoms with Crippen molar-refractivity contribution in [3.8, 4) is 5.75 Å². The molecule has 2 atom stereocenters. The van der Waals surface area contributed by atoms with Crippen molar-refractivity contribution in [2.24, 2.45) is 7.05 Å². The van der Waals surface area contributed by atoms with Gasteiger partial charge in [-0.3, -0.25) is 4.68 Å². The predicted octanol–water partition coefficient (Wildman–Crippen LogP) is 1.88. The molecule has 2 heterocycles. The summed E-state index contributed by atoms with van der Waals surface area (Å²) >= 11 is 1.74. The molecule has 19 heavy (non-hydrogen) atoms. The molecule has 1 aromatic heterocycles. The van der Waals surface area contributed by atoms with Crippen molar-refractivity contribution in [1.29, 1.82) is 0 Å². The van der Waals surface area contributed by atoms with Crippen LogP contribution in [0.2, 0.25) is 0 Å². The third kappa shape index (κ3) is 2.77. The Morgan fingerprint density at radius 1 is 1.53 bits per heavy atom. The van der Waals surface area contributed by atoms with E-state index < -0.39 is 6.10 Å². The molecule has 4 nitrogen and oxygen atoms in total. The molecule has 100 valence electrons. The van der Waals surface area contributed by atoms with Crippen molar-refractivity contribution >= 4 is 11.8 Å². The molecule has 2 unspecified atom stereocenters. The Morgan fingerprint density at radius 2 is 2.37 bits per heavy atom. The average Bonchev–Trinajstić information content (AvgIpc) is 2.83. The first-order chi connectivity index (χ1) is 9.22. The molecule has 0 saturated carbocycles. The van der Waals surface area contributed by atoms with E-state index in [4.69, 9.17) is 4.74 Å². The predicted molar refractivity (Wildman–Crippen MR) is 74.5 cm³/mol. The zero-order valence-corrected chi connectivity index (χ0v) is 11.5. The van der Waals surface area contributed by atoms with Crippen LogP contribution in [0.15, 0.2) is 41.6 Å². The second kappa shape index (κ2) is 5.27. The minimum atomic E-state index is -0.509. The lowest BCUT2D eigenvalue weighted by atomic mass is 10.1. The van der Waals surface area contributed by atoms with E-state index >= 15 is 0 Å². The molecule has 1 aliphatic rings. The van der Waals surface area contributed by atoms with Crippen molar-refractivity contribution in [3.63, 3.8) is 0 Å². The third-order valence-electron chi connectivity index (χ3n) is 3.16. The van der Waals surface area contributed by atoms with Crippen LogP contribution in [0.5, 0.6) is 5.75 Å². The molecule has 0 fully saturated rings. The van der Waals surface area contributed by atoms with Gasteiger partial charge in [0, 0.05) is 30.3 Å². The summed E-state index contributed by atoms with van der Waals surface area (Å²) in [6.45, 7) is 0.